The highest BCUT2D eigenvalue weighted by Gasteiger charge is 2.24. The Labute approximate surface area is 193 Å². The van der Waals surface area contributed by atoms with Gasteiger partial charge in [0.15, 0.2) is 5.78 Å². The van der Waals surface area contributed by atoms with Crippen LogP contribution < -0.4 is 10.2 Å². The number of carbonyl (C=O) groups excluding carboxylic acids is 2. The summed E-state index contributed by atoms with van der Waals surface area (Å²) in [6, 6.07) is 7.85. The van der Waals surface area contributed by atoms with Crippen molar-refractivity contribution in [2.75, 3.05) is 24.5 Å². The number of ether oxygens (including phenoxy) is 1. The summed E-state index contributed by atoms with van der Waals surface area (Å²) < 4.78 is 5.27. The number of amides is 1. The Morgan fingerprint density at radius 3 is 2.58 bits per heavy atom. The van der Waals surface area contributed by atoms with Gasteiger partial charge in [0.1, 0.15) is 17.5 Å². The van der Waals surface area contributed by atoms with E-state index in [9.17, 15) is 19.8 Å². The van der Waals surface area contributed by atoms with Crippen LogP contribution in [0.3, 0.4) is 0 Å². The number of carbonyl (C=O) groups is 2. The van der Waals surface area contributed by atoms with E-state index in [1.807, 2.05) is 25.7 Å². The fraction of sp³-hybridized carbons (Fsp3) is 0.500. The molecule has 1 amide bonds. The summed E-state index contributed by atoms with van der Waals surface area (Å²) in [7, 11) is 0. The molecule has 2 heterocycles. The molecular formula is C24H32N4O5. The van der Waals surface area contributed by atoms with Crippen molar-refractivity contribution in [1.29, 1.82) is 0 Å². The summed E-state index contributed by atoms with van der Waals surface area (Å²) in [6.07, 6.45) is 1.59. The Kier molecular flexibility index (Phi) is 7.86. The third-order valence-electron chi connectivity index (χ3n) is 5.42. The number of ketones is 1. The normalized spacial score (nSPS) is 15.7. The SMILES string of the molecule is CC(C)(C)OC(=O)NCC1CCN(c2nccc(C(O)CC(=O)c3ccccc3O)n2)CC1. The van der Waals surface area contributed by atoms with Crippen LogP contribution in [0.4, 0.5) is 10.7 Å². The van der Waals surface area contributed by atoms with E-state index in [-0.39, 0.29) is 23.5 Å². The number of aromatic hydroxyl groups is 1. The van der Waals surface area contributed by atoms with E-state index >= 15 is 0 Å². The summed E-state index contributed by atoms with van der Waals surface area (Å²) in [5, 5.41) is 23.2. The maximum Gasteiger partial charge on any atom is 0.407 e. The van der Waals surface area contributed by atoms with Crippen LogP contribution in [0, 0.1) is 5.92 Å². The average Bonchev–Trinajstić information content (AvgIpc) is 2.77. The fourth-order valence-corrected chi connectivity index (χ4v) is 3.68. The first-order valence-electron chi connectivity index (χ1n) is 11.2. The van der Waals surface area contributed by atoms with Crippen molar-refractivity contribution in [2.24, 2.45) is 5.92 Å². The number of nitrogens with zero attached hydrogens (tertiary/aromatic N) is 3. The number of phenolic OH excluding ortho intramolecular Hbond substituents is 1. The van der Waals surface area contributed by atoms with Gasteiger partial charge in [0, 0.05) is 32.3 Å². The van der Waals surface area contributed by atoms with Gasteiger partial charge in [-0.15, -0.1) is 0 Å². The second-order valence-electron chi connectivity index (χ2n) is 9.25. The average molecular weight is 457 g/mol. The van der Waals surface area contributed by atoms with Crippen molar-refractivity contribution in [2.45, 2.75) is 51.7 Å². The Bertz CT molecular complexity index is 967. The molecule has 1 aliphatic rings. The van der Waals surface area contributed by atoms with Crippen LogP contribution >= 0.6 is 0 Å². The molecule has 3 rings (SSSR count). The first-order chi connectivity index (χ1) is 15.6. The van der Waals surface area contributed by atoms with Gasteiger partial charge in [-0.1, -0.05) is 12.1 Å². The summed E-state index contributed by atoms with van der Waals surface area (Å²) in [4.78, 5) is 35.1. The van der Waals surface area contributed by atoms with Crippen LogP contribution in [-0.4, -0.2) is 57.3 Å². The summed E-state index contributed by atoms with van der Waals surface area (Å²) >= 11 is 0. The van der Waals surface area contributed by atoms with Crippen molar-refractivity contribution in [3.05, 3.63) is 47.8 Å². The number of aliphatic hydroxyl groups is 1. The highest BCUT2D eigenvalue weighted by atomic mass is 16.6. The van der Waals surface area contributed by atoms with Crippen LogP contribution in [0.5, 0.6) is 5.75 Å². The van der Waals surface area contributed by atoms with Crippen molar-refractivity contribution < 1.29 is 24.5 Å². The molecule has 178 valence electrons. The molecule has 1 fully saturated rings. The molecular weight excluding hydrogens is 424 g/mol. The number of hydrogen-bond acceptors (Lipinski definition) is 8. The van der Waals surface area contributed by atoms with Crippen LogP contribution in [-0.2, 0) is 4.74 Å². The van der Waals surface area contributed by atoms with Gasteiger partial charge in [-0.2, -0.15) is 0 Å². The smallest absolute Gasteiger partial charge is 0.407 e. The second kappa shape index (κ2) is 10.6. The molecule has 1 aromatic carbocycles. The number of benzene rings is 1. The number of phenols is 1. The molecule has 0 radical (unpaired) electrons. The Morgan fingerprint density at radius 1 is 1.21 bits per heavy atom. The monoisotopic (exact) mass is 456 g/mol. The number of rotatable bonds is 7. The van der Waals surface area contributed by atoms with Gasteiger partial charge in [0.05, 0.1) is 11.3 Å². The topological polar surface area (TPSA) is 125 Å². The first-order valence-corrected chi connectivity index (χ1v) is 11.2. The van der Waals surface area contributed by atoms with E-state index in [1.165, 1.54) is 12.1 Å². The Hall–Kier alpha value is -3.20. The molecule has 0 spiro atoms. The Balaban J connectivity index is 1.52. The van der Waals surface area contributed by atoms with Crippen LogP contribution in [0.1, 0.15) is 62.2 Å². The van der Waals surface area contributed by atoms with Gasteiger partial charge in [-0.3, -0.25) is 4.79 Å². The standard InChI is InChI=1S/C24H32N4O5/c1-24(2,3)33-23(32)26-15-16-9-12-28(13-10-16)22-25-11-8-18(27-22)21(31)14-20(30)17-6-4-5-7-19(17)29/h4-8,11,16,21,29,31H,9-10,12-15H2,1-3H3,(H,26,32). The highest BCUT2D eigenvalue weighted by Crippen LogP contribution is 2.25. The van der Waals surface area contributed by atoms with Crippen molar-refractivity contribution in [1.82, 2.24) is 15.3 Å². The lowest BCUT2D eigenvalue weighted by molar-refractivity contribution is 0.0516. The summed E-state index contributed by atoms with van der Waals surface area (Å²) in [6.45, 7) is 7.48. The second-order valence-corrected chi connectivity index (χ2v) is 9.25. The minimum atomic E-state index is -1.10. The molecule has 0 aliphatic carbocycles. The van der Waals surface area contributed by atoms with Gasteiger partial charge in [-0.05, 0) is 57.7 Å². The minimum Gasteiger partial charge on any atom is -0.507 e. The van der Waals surface area contributed by atoms with E-state index in [1.54, 1.807) is 24.4 Å². The van der Waals surface area contributed by atoms with Crippen LogP contribution in [0.2, 0.25) is 0 Å². The van der Waals surface area contributed by atoms with Crippen molar-refractivity contribution in [3.8, 4) is 5.75 Å². The minimum absolute atomic E-state index is 0.109. The molecule has 1 saturated heterocycles. The third kappa shape index (κ3) is 7.15. The number of aliphatic hydroxyl groups excluding tert-OH is 1. The predicted octanol–water partition coefficient (Wildman–Crippen LogP) is 3.23. The molecule has 3 N–H and O–H groups in total. The molecule has 1 aliphatic heterocycles. The molecule has 0 saturated carbocycles. The molecule has 9 nitrogen and oxygen atoms in total. The number of anilines is 1. The molecule has 9 heteroatoms. The fourth-order valence-electron chi connectivity index (χ4n) is 3.68. The number of Topliss-reactive ketones (excluding diaryl/α,β-unsaturated/α-hetero) is 1. The van der Waals surface area contributed by atoms with E-state index in [0.29, 0.717) is 24.1 Å². The van der Waals surface area contributed by atoms with E-state index in [2.05, 4.69) is 15.3 Å². The van der Waals surface area contributed by atoms with Crippen LogP contribution in [0.25, 0.3) is 0 Å². The number of nitrogens with one attached hydrogen (secondary N) is 1. The lowest BCUT2D eigenvalue weighted by Gasteiger charge is -2.32. The third-order valence-corrected chi connectivity index (χ3v) is 5.42. The Morgan fingerprint density at radius 2 is 1.91 bits per heavy atom. The number of para-hydroxylation sites is 1. The van der Waals surface area contributed by atoms with Gasteiger partial charge in [0.25, 0.3) is 0 Å². The molecule has 1 atom stereocenters. The lowest BCUT2D eigenvalue weighted by Crippen LogP contribution is -2.40. The predicted molar refractivity (Wildman–Crippen MR) is 123 cm³/mol. The van der Waals surface area contributed by atoms with E-state index in [4.69, 9.17) is 4.74 Å². The maximum absolute atomic E-state index is 12.4. The molecule has 1 unspecified atom stereocenters. The maximum atomic E-state index is 12.4. The number of aromatic nitrogens is 2. The zero-order valence-corrected chi connectivity index (χ0v) is 19.3. The van der Waals surface area contributed by atoms with Gasteiger partial charge in [0.2, 0.25) is 5.95 Å². The van der Waals surface area contributed by atoms with Gasteiger partial charge < -0.3 is 25.2 Å². The number of alkyl carbamates (subject to hydrolysis) is 1. The number of hydrogen-bond donors (Lipinski definition) is 3. The lowest BCUT2D eigenvalue weighted by atomic mass is 9.97. The van der Waals surface area contributed by atoms with E-state index in [0.717, 1.165) is 25.9 Å². The zero-order valence-electron chi connectivity index (χ0n) is 19.3. The largest absolute Gasteiger partial charge is 0.507 e. The molecule has 33 heavy (non-hydrogen) atoms. The number of piperidine rings is 1. The van der Waals surface area contributed by atoms with Crippen molar-refractivity contribution in [3.63, 3.8) is 0 Å². The van der Waals surface area contributed by atoms with Gasteiger partial charge >= 0.3 is 6.09 Å². The molecule has 0 bridgehead atoms. The summed E-state index contributed by atoms with van der Waals surface area (Å²) in [5.74, 6) is 0.361. The highest BCUT2D eigenvalue weighted by molar-refractivity contribution is 5.98. The zero-order chi connectivity index (χ0) is 24.0. The quantitative estimate of drug-likeness (QED) is 0.543. The van der Waals surface area contributed by atoms with Crippen LogP contribution in [0.15, 0.2) is 36.5 Å². The first kappa shape index (κ1) is 24.4. The summed E-state index contributed by atoms with van der Waals surface area (Å²) in [5.41, 5.74) is 0.0114. The van der Waals surface area contributed by atoms with Gasteiger partial charge in [-0.25, -0.2) is 14.8 Å². The molecule has 2 aromatic rings. The molecule has 1 aromatic heterocycles. The van der Waals surface area contributed by atoms with Crippen molar-refractivity contribution >= 4 is 17.8 Å². The van der Waals surface area contributed by atoms with E-state index < -0.39 is 17.8 Å².